The maximum absolute atomic E-state index is 13.8. The Kier molecular flexibility index (Phi) is 7.95. The van der Waals surface area contributed by atoms with Crippen LogP contribution >= 0.6 is 0 Å². The van der Waals surface area contributed by atoms with Gasteiger partial charge in [0.1, 0.15) is 0 Å². The van der Waals surface area contributed by atoms with Crippen molar-refractivity contribution in [3.63, 3.8) is 0 Å². The van der Waals surface area contributed by atoms with E-state index < -0.39 is 22.8 Å². The minimum atomic E-state index is -0.462. The molecule has 3 aliphatic carbocycles. The third-order valence-electron chi connectivity index (χ3n) is 10.8. The number of benzene rings is 3. The van der Waals surface area contributed by atoms with E-state index in [-0.39, 0.29) is 0 Å². The Hall–Kier alpha value is -3.14. The van der Waals surface area contributed by atoms with Crippen LogP contribution in [0.2, 0.25) is 0 Å². The van der Waals surface area contributed by atoms with Gasteiger partial charge in [-0.2, -0.15) is 0 Å². The minimum Gasteiger partial charge on any atom is -0.465 e. The zero-order valence-electron chi connectivity index (χ0n) is 28.2. The summed E-state index contributed by atoms with van der Waals surface area (Å²) in [5.74, 6) is 0.191. The van der Waals surface area contributed by atoms with Crippen LogP contribution in [0.1, 0.15) is 170 Å². The van der Waals surface area contributed by atoms with Crippen LogP contribution in [0.15, 0.2) is 24.3 Å². The first kappa shape index (κ1) is 30.9. The van der Waals surface area contributed by atoms with Gasteiger partial charge in [0.15, 0.2) is 0 Å². The summed E-state index contributed by atoms with van der Waals surface area (Å²) in [5, 5.41) is 2.88. The SMILES string of the molecule is COC(=O)c1c(C(=O)OC)c(C(C)(C)C)c2c(c1C(C)(C)C)Cc1c(c(C3CCCC3)c3ccccc3c1C1CCCC1)C2. The third kappa shape index (κ3) is 4.97. The van der Waals surface area contributed by atoms with Crippen molar-refractivity contribution in [3.05, 3.63) is 79.9 Å². The van der Waals surface area contributed by atoms with E-state index in [1.54, 1.807) is 11.1 Å². The Morgan fingerprint density at radius 2 is 0.932 bits per heavy atom. The van der Waals surface area contributed by atoms with E-state index in [2.05, 4.69) is 65.8 Å². The maximum Gasteiger partial charge on any atom is 0.339 e. The van der Waals surface area contributed by atoms with Crippen molar-refractivity contribution in [1.29, 1.82) is 0 Å². The number of esters is 2. The van der Waals surface area contributed by atoms with Crippen LogP contribution in [0.3, 0.4) is 0 Å². The molecule has 4 heteroatoms. The van der Waals surface area contributed by atoms with E-state index in [9.17, 15) is 9.59 Å². The monoisotopic (exact) mass is 594 g/mol. The zero-order valence-corrected chi connectivity index (χ0v) is 28.2. The van der Waals surface area contributed by atoms with Gasteiger partial charge >= 0.3 is 11.9 Å². The molecule has 0 amide bonds. The molecule has 0 saturated heterocycles. The van der Waals surface area contributed by atoms with Gasteiger partial charge in [-0.25, -0.2) is 9.59 Å². The van der Waals surface area contributed by atoms with Crippen LogP contribution in [0, 0.1) is 0 Å². The van der Waals surface area contributed by atoms with Crippen molar-refractivity contribution in [2.45, 2.75) is 128 Å². The molecule has 6 rings (SSSR count). The number of hydrogen-bond acceptors (Lipinski definition) is 4. The Balaban J connectivity index is 1.78. The highest BCUT2D eigenvalue weighted by Gasteiger charge is 2.42. The fourth-order valence-electron chi connectivity index (χ4n) is 9.23. The molecule has 0 unspecified atom stereocenters. The molecule has 234 valence electrons. The van der Waals surface area contributed by atoms with Crippen LogP contribution < -0.4 is 0 Å². The van der Waals surface area contributed by atoms with Gasteiger partial charge in [-0.3, -0.25) is 0 Å². The number of ether oxygens (including phenoxy) is 2. The molecule has 0 atom stereocenters. The average molecular weight is 595 g/mol. The summed E-state index contributed by atoms with van der Waals surface area (Å²) < 4.78 is 10.9. The number of carbonyl (C=O) groups is 2. The first-order valence-corrected chi connectivity index (χ1v) is 16.8. The fourth-order valence-corrected chi connectivity index (χ4v) is 9.23. The van der Waals surface area contributed by atoms with Crippen LogP contribution in [0.25, 0.3) is 10.8 Å². The van der Waals surface area contributed by atoms with Crippen molar-refractivity contribution < 1.29 is 19.1 Å². The second-order valence-corrected chi connectivity index (χ2v) is 15.6. The second kappa shape index (κ2) is 11.3. The van der Waals surface area contributed by atoms with Crippen molar-refractivity contribution in [1.82, 2.24) is 0 Å². The van der Waals surface area contributed by atoms with Gasteiger partial charge in [0.2, 0.25) is 0 Å². The van der Waals surface area contributed by atoms with Gasteiger partial charge in [0.25, 0.3) is 0 Å². The minimum absolute atomic E-state index is 0.387. The second-order valence-electron chi connectivity index (χ2n) is 15.6. The Bertz CT molecular complexity index is 1510. The van der Waals surface area contributed by atoms with E-state index in [0.29, 0.717) is 23.0 Å². The Morgan fingerprint density at radius 1 is 0.591 bits per heavy atom. The predicted octanol–water partition coefficient (Wildman–Crippen LogP) is 9.82. The maximum atomic E-state index is 13.8. The molecule has 0 aliphatic heterocycles. The average Bonchev–Trinajstić information content (AvgIpc) is 3.71. The molecule has 3 aromatic rings. The Morgan fingerprint density at radius 3 is 1.23 bits per heavy atom. The molecule has 3 aliphatic rings. The van der Waals surface area contributed by atoms with Crippen LogP contribution in [-0.4, -0.2) is 26.2 Å². The third-order valence-corrected chi connectivity index (χ3v) is 10.8. The largest absolute Gasteiger partial charge is 0.465 e. The van der Waals surface area contributed by atoms with Crippen LogP contribution in [0.4, 0.5) is 0 Å². The summed E-state index contributed by atoms with van der Waals surface area (Å²) in [6.07, 6.45) is 11.6. The summed E-state index contributed by atoms with van der Waals surface area (Å²) in [4.78, 5) is 27.6. The number of fused-ring (bicyclic) bond motifs is 3. The number of rotatable bonds is 4. The molecule has 0 heterocycles. The van der Waals surface area contributed by atoms with Gasteiger partial charge < -0.3 is 9.47 Å². The van der Waals surface area contributed by atoms with E-state index >= 15 is 0 Å². The number of methoxy groups -OCH3 is 2. The normalized spacial score (nSPS) is 17.5. The molecular weight excluding hydrogens is 544 g/mol. The van der Waals surface area contributed by atoms with Crippen molar-refractivity contribution in [2.24, 2.45) is 0 Å². The van der Waals surface area contributed by atoms with Gasteiger partial charge in [0.05, 0.1) is 25.3 Å². The van der Waals surface area contributed by atoms with Crippen molar-refractivity contribution >= 4 is 22.7 Å². The molecule has 2 fully saturated rings. The highest BCUT2D eigenvalue weighted by atomic mass is 16.5. The van der Waals surface area contributed by atoms with E-state index in [1.807, 2.05) is 0 Å². The lowest BCUT2D eigenvalue weighted by molar-refractivity contribution is 0.0550. The Labute approximate surface area is 263 Å². The molecule has 0 spiro atoms. The smallest absolute Gasteiger partial charge is 0.339 e. The summed E-state index contributed by atoms with van der Waals surface area (Å²) in [7, 11) is 2.83. The van der Waals surface area contributed by atoms with Crippen molar-refractivity contribution in [3.8, 4) is 0 Å². The number of hydrogen-bond donors (Lipinski definition) is 0. The fraction of sp³-hybridized carbons (Fsp3) is 0.550. The van der Waals surface area contributed by atoms with Gasteiger partial charge in [-0.15, -0.1) is 0 Å². The van der Waals surface area contributed by atoms with Gasteiger partial charge in [-0.05, 0) is 116 Å². The first-order valence-electron chi connectivity index (χ1n) is 16.8. The number of carbonyl (C=O) groups excluding carboxylic acids is 2. The summed E-state index contributed by atoms with van der Waals surface area (Å²) >= 11 is 0. The van der Waals surface area contributed by atoms with Gasteiger partial charge in [-0.1, -0.05) is 91.5 Å². The molecule has 44 heavy (non-hydrogen) atoms. The lowest BCUT2D eigenvalue weighted by Crippen LogP contribution is -2.33. The lowest BCUT2D eigenvalue weighted by atomic mass is 9.64. The zero-order chi connectivity index (χ0) is 31.6. The topological polar surface area (TPSA) is 52.6 Å². The standard InChI is InChI=1S/C40H50O4/c1-39(2,3)35-29-21-27-28(22-30(29)36(40(4,5)6)34(38(42)44-8)33(35)37(41)43-7)32(24-17-11-12-18-24)26-20-14-13-19-25(26)31(27)23-15-9-10-16-23/h13-14,19-20,23-24H,9-12,15-18,21-22H2,1-8H3. The molecule has 0 N–H and O–H groups in total. The lowest BCUT2D eigenvalue weighted by Gasteiger charge is -2.39. The van der Waals surface area contributed by atoms with Crippen LogP contribution in [-0.2, 0) is 33.1 Å². The molecular formula is C40H50O4. The molecule has 3 aromatic carbocycles. The quantitative estimate of drug-likeness (QED) is 0.221. The molecule has 0 bridgehead atoms. The van der Waals surface area contributed by atoms with E-state index in [4.69, 9.17) is 9.47 Å². The van der Waals surface area contributed by atoms with E-state index in [0.717, 1.165) is 24.0 Å². The summed E-state index contributed by atoms with van der Waals surface area (Å²) in [6, 6.07) is 9.20. The highest BCUT2D eigenvalue weighted by molar-refractivity contribution is 6.07. The first-order chi connectivity index (χ1) is 20.9. The predicted molar refractivity (Wildman–Crippen MR) is 178 cm³/mol. The summed E-state index contributed by atoms with van der Waals surface area (Å²) in [5.41, 5.74) is 10.4. The molecule has 2 saturated carbocycles. The van der Waals surface area contributed by atoms with Gasteiger partial charge in [0, 0.05) is 0 Å². The highest BCUT2D eigenvalue weighted by Crippen LogP contribution is 2.52. The molecule has 0 aromatic heterocycles. The summed E-state index contributed by atoms with van der Waals surface area (Å²) in [6.45, 7) is 12.9. The molecule has 0 radical (unpaired) electrons. The van der Waals surface area contributed by atoms with Crippen LogP contribution in [0.5, 0.6) is 0 Å². The van der Waals surface area contributed by atoms with Crippen molar-refractivity contribution in [2.75, 3.05) is 14.2 Å². The van der Waals surface area contributed by atoms with E-state index in [1.165, 1.54) is 98.6 Å². The molecule has 4 nitrogen and oxygen atoms in total.